The van der Waals surface area contributed by atoms with E-state index < -0.39 is 0 Å². The van der Waals surface area contributed by atoms with Crippen LogP contribution in [0.3, 0.4) is 0 Å². The summed E-state index contributed by atoms with van der Waals surface area (Å²) in [7, 11) is 0. The number of hydrogen-bond acceptors (Lipinski definition) is 3. The Labute approximate surface area is 271 Å². The first-order chi connectivity index (χ1) is 22.8. The van der Waals surface area contributed by atoms with Gasteiger partial charge in [-0.05, 0) is 80.9 Å². The molecule has 0 saturated carbocycles. The number of benzene rings is 6. The van der Waals surface area contributed by atoms with E-state index in [9.17, 15) is 0 Å². The van der Waals surface area contributed by atoms with Gasteiger partial charge in [-0.25, -0.2) is 0 Å². The van der Waals surface area contributed by atoms with Gasteiger partial charge in [0.1, 0.15) is 11.2 Å². The van der Waals surface area contributed by atoms with Crippen LogP contribution in [0.15, 0.2) is 167 Å². The highest BCUT2D eigenvalue weighted by atomic mass is 32.2. The van der Waals surface area contributed by atoms with E-state index in [1.165, 1.54) is 60.8 Å². The first-order valence-electron chi connectivity index (χ1n) is 16.0. The zero-order chi connectivity index (χ0) is 30.0. The van der Waals surface area contributed by atoms with E-state index in [4.69, 9.17) is 4.42 Å². The Morgan fingerprint density at radius 1 is 0.587 bits per heavy atom. The minimum atomic E-state index is -0.345. The fraction of sp³-hybridized carbons (Fsp3) is 0.0698. The van der Waals surface area contributed by atoms with E-state index in [2.05, 4.69) is 151 Å². The van der Waals surface area contributed by atoms with Crippen molar-refractivity contribution in [2.24, 2.45) is 0 Å². The van der Waals surface area contributed by atoms with E-state index >= 15 is 0 Å². The number of furan rings is 1. The molecule has 3 aliphatic carbocycles. The lowest BCUT2D eigenvalue weighted by molar-refractivity contribution is 0.664. The second-order valence-corrected chi connectivity index (χ2v) is 13.9. The zero-order valence-electron chi connectivity index (χ0n) is 24.9. The molecule has 2 nitrogen and oxygen atoms in total. The van der Waals surface area contributed by atoms with Gasteiger partial charge in [0.15, 0.2) is 0 Å². The van der Waals surface area contributed by atoms with Gasteiger partial charge in [0.25, 0.3) is 0 Å². The molecule has 0 fully saturated rings. The van der Waals surface area contributed by atoms with E-state index in [1.54, 1.807) is 0 Å². The fourth-order valence-corrected chi connectivity index (χ4v) is 10.4. The highest BCUT2D eigenvalue weighted by Crippen LogP contribution is 2.66. The normalized spacial score (nSPS) is 19.6. The van der Waals surface area contributed by atoms with Crippen LogP contribution in [-0.2, 0) is 5.41 Å². The Bertz CT molecular complexity index is 2450. The molecular weight excluding hydrogens is 579 g/mol. The predicted molar refractivity (Wildman–Crippen MR) is 190 cm³/mol. The molecule has 4 aliphatic rings. The van der Waals surface area contributed by atoms with Gasteiger partial charge < -0.3 is 9.32 Å². The van der Waals surface area contributed by atoms with Gasteiger partial charge >= 0.3 is 0 Å². The second kappa shape index (κ2) is 8.93. The van der Waals surface area contributed by atoms with Crippen molar-refractivity contribution >= 4 is 50.6 Å². The molecule has 2 unspecified atom stereocenters. The maximum Gasteiger partial charge on any atom is 0.135 e. The van der Waals surface area contributed by atoms with Crippen LogP contribution >= 0.6 is 11.8 Å². The van der Waals surface area contributed by atoms with Gasteiger partial charge in [-0.1, -0.05) is 115 Å². The summed E-state index contributed by atoms with van der Waals surface area (Å²) in [4.78, 5) is 3.90. The Morgan fingerprint density at radius 3 is 2.02 bits per heavy atom. The van der Waals surface area contributed by atoms with Crippen molar-refractivity contribution in [1.29, 1.82) is 0 Å². The van der Waals surface area contributed by atoms with Gasteiger partial charge in [0.2, 0.25) is 0 Å². The van der Waals surface area contributed by atoms with Crippen LogP contribution in [-0.4, -0.2) is 11.3 Å². The van der Waals surface area contributed by atoms with Crippen LogP contribution in [0.1, 0.15) is 22.3 Å². The summed E-state index contributed by atoms with van der Waals surface area (Å²) in [5.74, 6) is 0. The monoisotopic (exact) mass is 605 g/mol. The molecule has 11 rings (SSSR count). The average Bonchev–Trinajstić information content (AvgIpc) is 3.74. The maximum atomic E-state index is 6.25. The van der Waals surface area contributed by atoms with Crippen LogP contribution in [0, 0.1) is 0 Å². The number of para-hydroxylation sites is 2. The molecule has 0 saturated heterocycles. The lowest BCUT2D eigenvalue weighted by Gasteiger charge is -2.47. The van der Waals surface area contributed by atoms with Crippen LogP contribution in [0.25, 0.3) is 38.6 Å². The third-order valence-electron chi connectivity index (χ3n) is 10.6. The van der Waals surface area contributed by atoms with Gasteiger partial charge in [0.05, 0.1) is 22.4 Å². The first-order valence-corrected chi connectivity index (χ1v) is 16.9. The molecule has 1 aliphatic heterocycles. The first kappa shape index (κ1) is 25.0. The van der Waals surface area contributed by atoms with Crippen LogP contribution < -0.4 is 4.90 Å². The van der Waals surface area contributed by atoms with Gasteiger partial charge in [0, 0.05) is 21.4 Å². The Balaban J connectivity index is 1.18. The number of thioether (sulfide) groups is 1. The molecule has 6 aromatic carbocycles. The highest BCUT2D eigenvalue weighted by Gasteiger charge is 2.57. The van der Waals surface area contributed by atoms with Gasteiger partial charge in [-0.3, -0.25) is 0 Å². The lowest BCUT2D eigenvalue weighted by atomic mass is 9.67. The standard InChI is InChI=1S/C43H27NOS/c1-5-15-33-27(11-1)28-12-2-6-16-34(28)43(33)35-17-7-3-13-29(35)31-22-23-37-42(41(31)43)46-40-20-10-8-18-36(40)44(37)26-21-24-39-32(25-26)30-14-4-9-19-38(30)45-39/h1-25,37,42H. The highest BCUT2D eigenvalue weighted by molar-refractivity contribution is 8.00. The smallest absolute Gasteiger partial charge is 0.135 e. The van der Waals surface area contributed by atoms with Crippen molar-refractivity contribution in [2.45, 2.75) is 21.6 Å². The second-order valence-electron chi connectivity index (χ2n) is 12.7. The Morgan fingerprint density at radius 2 is 1.22 bits per heavy atom. The van der Waals surface area contributed by atoms with Crippen molar-refractivity contribution in [3.05, 3.63) is 180 Å². The van der Waals surface area contributed by atoms with E-state index in [-0.39, 0.29) is 16.7 Å². The number of nitrogens with zero attached hydrogens (tertiary/aromatic N) is 1. The molecule has 0 radical (unpaired) electrons. The number of hydrogen-bond donors (Lipinski definition) is 0. The summed E-state index contributed by atoms with van der Waals surface area (Å²) in [5.41, 5.74) is 15.1. The maximum absolute atomic E-state index is 6.25. The van der Waals surface area contributed by atoms with Crippen LogP contribution in [0.4, 0.5) is 11.4 Å². The fourth-order valence-electron chi connectivity index (χ4n) is 8.94. The molecule has 2 atom stereocenters. The molecule has 2 heterocycles. The number of rotatable bonds is 1. The van der Waals surface area contributed by atoms with Gasteiger partial charge in [-0.15, -0.1) is 11.8 Å². The molecule has 1 spiro atoms. The van der Waals surface area contributed by atoms with Crippen molar-refractivity contribution in [1.82, 2.24) is 0 Å². The molecule has 0 amide bonds. The topological polar surface area (TPSA) is 16.4 Å². The lowest BCUT2D eigenvalue weighted by Crippen LogP contribution is -2.47. The molecule has 7 aromatic rings. The molecule has 0 N–H and O–H groups in total. The summed E-state index contributed by atoms with van der Waals surface area (Å²) < 4.78 is 6.25. The summed E-state index contributed by atoms with van der Waals surface area (Å²) in [5, 5.41) is 2.51. The SMILES string of the molecule is C1=CC2C(Sc3ccccc3N2c2ccc3oc4ccccc4c3c2)C2=C1c1ccccc1C21c2ccccc2-c2ccccc21. The molecule has 46 heavy (non-hydrogen) atoms. The molecular formula is C43H27NOS. The van der Waals surface area contributed by atoms with E-state index in [0.717, 1.165) is 21.9 Å². The minimum absolute atomic E-state index is 0.125. The molecule has 1 aromatic heterocycles. The summed E-state index contributed by atoms with van der Waals surface area (Å²) in [6.07, 6.45) is 4.90. The number of fused-ring (bicyclic) bond motifs is 15. The zero-order valence-corrected chi connectivity index (χ0v) is 25.7. The quantitative estimate of drug-likeness (QED) is 0.185. The number of allylic oxidation sites excluding steroid dienone is 2. The molecule has 216 valence electrons. The van der Waals surface area contributed by atoms with Crippen LogP contribution in [0.5, 0.6) is 0 Å². The predicted octanol–water partition coefficient (Wildman–Crippen LogP) is 10.9. The Hall–Kier alpha value is -5.25. The Kier molecular flexibility index (Phi) is 4.85. The van der Waals surface area contributed by atoms with Crippen molar-refractivity contribution < 1.29 is 4.42 Å². The van der Waals surface area contributed by atoms with E-state index in [1.807, 2.05) is 17.8 Å². The van der Waals surface area contributed by atoms with E-state index in [0.29, 0.717) is 0 Å². The van der Waals surface area contributed by atoms with Crippen LogP contribution in [0.2, 0.25) is 0 Å². The third kappa shape index (κ3) is 3.00. The van der Waals surface area contributed by atoms with Crippen molar-refractivity contribution in [3.8, 4) is 11.1 Å². The minimum Gasteiger partial charge on any atom is -0.456 e. The van der Waals surface area contributed by atoms with Crippen molar-refractivity contribution in [3.63, 3.8) is 0 Å². The molecule has 3 heteroatoms. The number of anilines is 2. The largest absolute Gasteiger partial charge is 0.456 e. The average molecular weight is 606 g/mol. The third-order valence-corrected chi connectivity index (χ3v) is 12.0. The summed E-state index contributed by atoms with van der Waals surface area (Å²) in [6.45, 7) is 0. The summed E-state index contributed by atoms with van der Waals surface area (Å²) in [6, 6.07) is 51.6. The molecule has 0 bridgehead atoms. The van der Waals surface area contributed by atoms with Crippen molar-refractivity contribution in [2.75, 3.05) is 4.90 Å². The van der Waals surface area contributed by atoms with Gasteiger partial charge in [-0.2, -0.15) is 0 Å². The summed E-state index contributed by atoms with van der Waals surface area (Å²) >= 11 is 2.04.